The first kappa shape index (κ1) is 11.5. The van der Waals surface area contributed by atoms with Crippen LogP contribution in [-0.2, 0) is 9.47 Å². The van der Waals surface area contributed by atoms with E-state index in [1.165, 1.54) is 0 Å². The van der Waals surface area contributed by atoms with E-state index in [-0.39, 0.29) is 11.5 Å². The maximum Gasteiger partial charge on any atom is 0.168 e. The number of methoxy groups -OCH3 is 2. The molecule has 1 N–H and O–H groups in total. The summed E-state index contributed by atoms with van der Waals surface area (Å²) in [6.45, 7) is 2.09. The Bertz CT molecular complexity index is 239. The number of rotatable bonds is 6. The Morgan fingerprint density at radius 2 is 2.21 bits per heavy atom. The molecule has 5 nitrogen and oxygen atoms in total. The SMILES string of the molecule is CCC(Sc1cn[nH]n1)C(OC)OC. The predicted octanol–water partition coefficient (Wildman–Crippen LogP) is 1.29. The molecule has 0 aromatic carbocycles. The predicted molar refractivity (Wildman–Crippen MR) is 54.1 cm³/mol. The van der Waals surface area contributed by atoms with Crippen molar-refractivity contribution in [3.8, 4) is 0 Å². The minimum absolute atomic E-state index is 0.207. The number of hydrogen-bond donors (Lipinski definition) is 1. The largest absolute Gasteiger partial charge is 0.355 e. The monoisotopic (exact) mass is 217 g/mol. The maximum absolute atomic E-state index is 5.20. The summed E-state index contributed by atoms with van der Waals surface area (Å²) < 4.78 is 10.4. The van der Waals surface area contributed by atoms with Gasteiger partial charge in [-0.1, -0.05) is 18.7 Å². The van der Waals surface area contributed by atoms with Crippen molar-refractivity contribution >= 4 is 11.8 Å². The zero-order chi connectivity index (χ0) is 10.4. The van der Waals surface area contributed by atoms with Crippen LogP contribution in [-0.4, -0.2) is 41.2 Å². The average molecular weight is 217 g/mol. The number of nitrogens with one attached hydrogen (secondary N) is 1. The van der Waals surface area contributed by atoms with Crippen LogP contribution < -0.4 is 0 Å². The molecule has 1 rings (SSSR count). The topological polar surface area (TPSA) is 60.0 Å². The van der Waals surface area contributed by atoms with Crippen molar-refractivity contribution in [1.29, 1.82) is 0 Å². The van der Waals surface area contributed by atoms with Gasteiger partial charge in [0.05, 0.1) is 11.4 Å². The first-order valence-corrected chi connectivity index (χ1v) is 5.27. The first-order valence-electron chi connectivity index (χ1n) is 4.39. The average Bonchev–Trinajstić information content (AvgIpc) is 2.70. The van der Waals surface area contributed by atoms with Crippen molar-refractivity contribution in [2.24, 2.45) is 0 Å². The minimum atomic E-state index is -0.207. The highest BCUT2D eigenvalue weighted by Crippen LogP contribution is 2.26. The van der Waals surface area contributed by atoms with E-state index in [1.807, 2.05) is 0 Å². The third-order valence-electron chi connectivity index (χ3n) is 1.84. The van der Waals surface area contributed by atoms with Gasteiger partial charge in [0, 0.05) is 14.2 Å². The van der Waals surface area contributed by atoms with Crippen LogP contribution >= 0.6 is 11.8 Å². The normalized spacial score (nSPS) is 13.4. The summed E-state index contributed by atoms with van der Waals surface area (Å²) in [6, 6.07) is 0. The summed E-state index contributed by atoms with van der Waals surface area (Å²) in [5.41, 5.74) is 0. The second-order valence-corrected chi connectivity index (χ2v) is 3.97. The molecule has 0 radical (unpaired) electrons. The van der Waals surface area contributed by atoms with E-state index in [0.29, 0.717) is 0 Å². The van der Waals surface area contributed by atoms with Crippen molar-refractivity contribution in [2.45, 2.75) is 29.9 Å². The fourth-order valence-corrected chi connectivity index (χ4v) is 2.15. The van der Waals surface area contributed by atoms with Crippen molar-refractivity contribution in [1.82, 2.24) is 15.4 Å². The molecule has 80 valence electrons. The van der Waals surface area contributed by atoms with E-state index >= 15 is 0 Å². The third kappa shape index (κ3) is 2.97. The van der Waals surface area contributed by atoms with Gasteiger partial charge < -0.3 is 9.47 Å². The number of ether oxygens (including phenoxy) is 2. The molecule has 1 aromatic rings. The van der Waals surface area contributed by atoms with E-state index in [2.05, 4.69) is 22.3 Å². The quantitative estimate of drug-likeness (QED) is 0.575. The molecular weight excluding hydrogens is 202 g/mol. The van der Waals surface area contributed by atoms with Gasteiger partial charge in [0.2, 0.25) is 0 Å². The van der Waals surface area contributed by atoms with Gasteiger partial charge in [0.1, 0.15) is 5.03 Å². The van der Waals surface area contributed by atoms with Gasteiger partial charge in [0.25, 0.3) is 0 Å². The van der Waals surface area contributed by atoms with Crippen LogP contribution in [0, 0.1) is 0 Å². The zero-order valence-electron chi connectivity index (χ0n) is 8.56. The molecule has 0 bridgehead atoms. The number of nitrogens with zero attached hydrogens (tertiary/aromatic N) is 2. The number of aromatic amines is 1. The molecule has 1 unspecified atom stereocenters. The Labute approximate surface area is 87.6 Å². The number of hydrogen-bond acceptors (Lipinski definition) is 5. The second kappa shape index (κ2) is 6.00. The van der Waals surface area contributed by atoms with Crippen molar-refractivity contribution < 1.29 is 9.47 Å². The molecule has 0 spiro atoms. The van der Waals surface area contributed by atoms with Crippen molar-refractivity contribution in [2.75, 3.05) is 14.2 Å². The lowest BCUT2D eigenvalue weighted by Gasteiger charge is -2.21. The number of thioether (sulfide) groups is 1. The van der Waals surface area contributed by atoms with Crippen LogP contribution in [0.3, 0.4) is 0 Å². The summed E-state index contributed by atoms with van der Waals surface area (Å²) in [5.74, 6) is 0. The van der Waals surface area contributed by atoms with Crippen LogP contribution in [0.5, 0.6) is 0 Å². The van der Waals surface area contributed by atoms with Gasteiger partial charge in [-0.15, -0.1) is 5.10 Å². The van der Waals surface area contributed by atoms with E-state index in [9.17, 15) is 0 Å². The zero-order valence-corrected chi connectivity index (χ0v) is 9.37. The summed E-state index contributed by atoms with van der Waals surface area (Å²) >= 11 is 1.60. The Kier molecular flexibility index (Phi) is 4.92. The Balaban J connectivity index is 2.53. The maximum atomic E-state index is 5.20. The van der Waals surface area contributed by atoms with Gasteiger partial charge >= 0.3 is 0 Å². The molecule has 0 aliphatic rings. The van der Waals surface area contributed by atoms with Gasteiger partial charge in [-0.2, -0.15) is 10.3 Å². The molecule has 0 amide bonds. The molecule has 1 aromatic heterocycles. The third-order valence-corrected chi connectivity index (χ3v) is 3.13. The molecular formula is C8H15N3O2S. The highest BCUT2D eigenvalue weighted by Gasteiger charge is 2.21. The Morgan fingerprint density at radius 1 is 1.50 bits per heavy atom. The minimum Gasteiger partial charge on any atom is -0.355 e. The lowest BCUT2D eigenvalue weighted by molar-refractivity contribution is -0.102. The fraction of sp³-hybridized carbons (Fsp3) is 0.750. The van der Waals surface area contributed by atoms with Gasteiger partial charge in [-0.3, -0.25) is 0 Å². The molecule has 0 saturated heterocycles. The van der Waals surface area contributed by atoms with E-state index < -0.39 is 0 Å². The summed E-state index contributed by atoms with van der Waals surface area (Å²) in [6.07, 6.45) is 2.43. The van der Waals surface area contributed by atoms with Crippen LogP contribution in [0.4, 0.5) is 0 Å². The molecule has 14 heavy (non-hydrogen) atoms. The summed E-state index contributed by atoms with van der Waals surface area (Å²) in [4.78, 5) is 0. The Hall–Kier alpha value is -0.590. The number of aromatic nitrogens is 3. The van der Waals surface area contributed by atoms with Gasteiger partial charge in [-0.05, 0) is 6.42 Å². The lowest BCUT2D eigenvalue weighted by atomic mass is 10.3. The molecule has 1 atom stereocenters. The lowest BCUT2D eigenvalue weighted by Crippen LogP contribution is -2.26. The van der Waals surface area contributed by atoms with Crippen molar-refractivity contribution in [3.05, 3.63) is 6.20 Å². The van der Waals surface area contributed by atoms with Crippen molar-refractivity contribution in [3.63, 3.8) is 0 Å². The smallest absolute Gasteiger partial charge is 0.168 e. The molecule has 6 heteroatoms. The van der Waals surface area contributed by atoms with Gasteiger partial charge in [-0.25, -0.2) is 0 Å². The first-order chi connectivity index (χ1) is 6.81. The summed E-state index contributed by atoms with van der Waals surface area (Å²) in [5, 5.41) is 11.4. The summed E-state index contributed by atoms with van der Waals surface area (Å²) in [7, 11) is 3.28. The van der Waals surface area contributed by atoms with E-state index in [1.54, 1.807) is 32.2 Å². The van der Waals surface area contributed by atoms with Gasteiger partial charge in [0.15, 0.2) is 6.29 Å². The standard InChI is InChI=1S/C8H15N3O2S/c1-4-6(8(12-2)13-3)14-7-5-9-11-10-7/h5-6,8H,4H2,1-3H3,(H,9,10,11). The highest BCUT2D eigenvalue weighted by atomic mass is 32.2. The molecule has 1 heterocycles. The van der Waals surface area contributed by atoms with Crippen LogP contribution in [0.25, 0.3) is 0 Å². The van der Waals surface area contributed by atoms with Crippen LogP contribution in [0.1, 0.15) is 13.3 Å². The van der Waals surface area contributed by atoms with Crippen LogP contribution in [0.2, 0.25) is 0 Å². The van der Waals surface area contributed by atoms with Crippen LogP contribution in [0.15, 0.2) is 11.2 Å². The molecule has 0 aliphatic carbocycles. The molecule has 0 aliphatic heterocycles. The fourth-order valence-electron chi connectivity index (χ4n) is 1.13. The Morgan fingerprint density at radius 3 is 2.64 bits per heavy atom. The highest BCUT2D eigenvalue weighted by molar-refractivity contribution is 7.99. The van der Waals surface area contributed by atoms with E-state index in [4.69, 9.17) is 9.47 Å². The molecule has 0 fully saturated rings. The number of H-pyrrole nitrogens is 1. The second-order valence-electron chi connectivity index (χ2n) is 2.71. The molecule has 0 saturated carbocycles. The van der Waals surface area contributed by atoms with E-state index in [0.717, 1.165) is 11.4 Å².